The molecule has 0 fully saturated rings. The van der Waals surface area contributed by atoms with Gasteiger partial charge < -0.3 is 8.83 Å². The molecule has 0 bridgehead atoms. The van der Waals surface area contributed by atoms with Crippen LogP contribution < -0.4 is 0 Å². The Morgan fingerprint density at radius 3 is 1.56 bits per heavy atom. The van der Waals surface area contributed by atoms with Crippen molar-refractivity contribution in [3.05, 3.63) is 182 Å². The van der Waals surface area contributed by atoms with E-state index in [1.807, 2.05) is 6.08 Å². The van der Waals surface area contributed by atoms with Crippen LogP contribution in [0.5, 0.6) is 0 Å². The maximum absolute atomic E-state index is 6.56. The Morgan fingerprint density at radius 2 is 0.927 bits per heavy atom. The number of fused-ring (bicyclic) bond motifs is 10. The summed E-state index contributed by atoms with van der Waals surface area (Å²) in [5.74, 6) is 0. The molecular formula is C53H34O2. The van der Waals surface area contributed by atoms with Gasteiger partial charge in [0.25, 0.3) is 0 Å². The molecule has 0 N–H and O–H groups in total. The quantitative estimate of drug-likeness (QED) is 0.178. The fourth-order valence-corrected chi connectivity index (χ4v) is 8.57. The smallest absolute Gasteiger partial charge is 0.178 e. The molecule has 2 heterocycles. The zero-order chi connectivity index (χ0) is 36.6. The second-order valence-corrected chi connectivity index (χ2v) is 14.5. The minimum absolute atomic E-state index is 0.780. The van der Waals surface area contributed by atoms with E-state index in [4.69, 9.17) is 8.83 Å². The summed E-state index contributed by atoms with van der Waals surface area (Å²) < 4.78 is 13.1. The van der Waals surface area contributed by atoms with E-state index in [0.29, 0.717) is 0 Å². The molecule has 0 aliphatic heterocycles. The molecule has 0 unspecified atom stereocenters. The molecule has 2 heteroatoms. The first-order valence-electron chi connectivity index (χ1n) is 18.8. The molecule has 11 rings (SSSR count). The highest BCUT2D eigenvalue weighted by Crippen LogP contribution is 2.42. The Morgan fingerprint density at radius 1 is 0.418 bits per heavy atom. The predicted octanol–water partition coefficient (Wildman–Crippen LogP) is 15.6. The van der Waals surface area contributed by atoms with E-state index in [-0.39, 0.29) is 0 Å². The largest absolute Gasteiger partial charge is 0.452 e. The Balaban J connectivity index is 0.998. The summed E-state index contributed by atoms with van der Waals surface area (Å²) in [7, 11) is 0. The van der Waals surface area contributed by atoms with E-state index < -0.39 is 0 Å². The number of benzene rings is 9. The van der Waals surface area contributed by atoms with E-state index in [2.05, 4.69) is 183 Å². The minimum Gasteiger partial charge on any atom is -0.452 e. The number of rotatable bonds is 5. The molecule has 0 radical (unpaired) electrons. The van der Waals surface area contributed by atoms with Gasteiger partial charge in [-0.15, -0.1) is 0 Å². The van der Waals surface area contributed by atoms with Gasteiger partial charge in [-0.25, -0.2) is 0 Å². The molecule has 55 heavy (non-hydrogen) atoms. The Kier molecular flexibility index (Phi) is 6.96. The third-order valence-electron chi connectivity index (χ3n) is 11.3. The van der Waals surface area contributed by atoms with Crippen LogP contribution in [0.4, 0.5) is 0 Å². The van der Waals surface area contributed by atoms with Crippen molar-refractivity contribution in [1.29, 1.82) is 0 Å². The number of hydrogen-bond donors (Lipinski definition) is 0. The van der Waals surface area contributed by atoms with Crippen molar-refractivity contribution in [3.63, 3.8) is 0 Å². The Bertz CT molecular complexity index is 3410. The molecule has 0 aliphatic rings. The van der Waals surface area contributed by atoms with Crippen LogP contribution in [-0.2, 0) is 0 Å². The molecule has 0 spiro atoms. The lowest BCUT2D eigenvalue weighted by molar-refractivity contribution is 0.633. The van der Waals surface area contributed by atoms with Crippen molar-refractivity contribution >= 4 is 88.3 Å². The summed E-state index contributed by atoms with van der Waals surface area (Å²) >= 11 is 0. The van der Waals surface area contributed by atoms with Crippen molar-refractivity contribution in [3.8, 4) is 33.4 Å². The predicted molar refractivity (Wildman–Crippen MR) is 235 cm³/mol. The molecule has 2 nitrogen and oxygen atoms in total. The third-order valence-corrected chi connectivity index (χ3v) is 11.3. The standard InChI is InChI=1S/C53H34O2/c1-3-9-42-32(4-2)29-47(44-13-8-7-12-43(42)44)40-19-16-34-15-18-37(27-41(34)28-40)39-21-25-51-49(31-39)46-23-22-45-48-30-38(20-24-50(48)54-52(45)53(46)55-51)36-17-14-33-10-5-6-11-35(33)26-36/h3-31H,2H2,1H3/b9-3-. The molecule has 11 aromatic rings. The van der Waals surface area contributed by atoms with E-state index in [0.717, 1.165) is 66.1 Å². The monoisotopic (exact) mass is 702 g/mol. The molecule has 0 amide bonds. The lowest BCUT2D eigenvalue weighted by Gasteiger charge is -2.14. The van der Waals surface area contributed by atoms with Crippen molar-refractivity contribution in [2.75, 3.05) is 0 Å². The molecule has 9 aromatic carbocycles. The van der Waals surface area contributed by atoms with Crippen LogP contribution in [0, 0.1) is 0 Å². The number of furan rings is 2. The van der Waals surface area contributed by atoms with Crippen LogP contribution >= 0.6 is 0 Å². The molecule has 0 aliphatic carbocycles. The first-order valence-corrected chi connectivity index (χ1v) is 18.8. The number of hydrogen-bond acceptors (Lipinski definition) is 2. The fraction of sp³-hybridized carbons (Fsp3) is 0.0189. The van der Waals surface area contributed by atoms with Gasteiger partial charge in [-0.3, -0.25) is 0 Å². The van der Waals surface area contributed by atoms with Crippen LogP contribution in [0.2, 0.25) is 0 Å². The van der Waals surface area contributed by atoms with Crippen LogP contribution in [-0.4, -0.2) is 0 Å². The average Bonchev–Trinajstić information content (AvgIpc) is 3.81. The van der Waals surface area contributed by atoms with Gasteiger partial charge in [0.05, 0.1) is 0 Å². The van der Waals surface area contributed by atoms with Crippen LogP contribution in [0.25, 0.3) is 122 Å². The van der Waals surface area contributed by atoms with Gasteiger partial charge in [-0.05, 0) is 144 Å². The van der Waals surface area contributed by atoms with E-state index in [1.165, 1.54) is 54.6 Å². The summed E-state index contributed by atoms with van der Waals surface area (Å²) in [6, 6.07) is 56.9. The van der Waals surface area contributed by atoms with Crippen molar-refractivity contribution in [2.45, 2.75) is 6.92 Å². The SMILES string of the molecule is C=Cc1cc(-c2ccc3ccc(-c4ccc5oc6c(ccc7c8cc(-c9ccc%10ccccc%10c9)ccc8oc76)c5c4)cc3c2)c2ccccc2c1/C=C\C. The van der Waals surface area contributed by atoms with Crippen LogP contribution in [0.3, 0.4) is 0 Å². The zero-order valence-corrected chi connectivity index (χ0v) is 30.3. The van der Waals surface area contributed by atoms with Crippen molar-refractivity contribution in [1.82, 2.24) is 0 Å². The highest BCUT2D eigenvalue weighted by Gasteiger charge is 2.18. The molecule has 258 valence electrons. The minimum atomic E-state index is 0.780. The first kappa shape index (κ1) is 31.4. The van der Waals surface area contributed by atoms with E-state index in [1.54, 1.807) is 0 Å². The highest BCUT2D eigenvalue weighted by molar-refractivity contribution is 6.19. The summed E-state index contributed by atoms with van der Waals surface area (Å²) in [5, 5.41) is 11.6. The molecule has 0 atom stereocenters. The van der Waals surface area contributed by atoms with Crippen LogP contribution in [0.15, 0.2) is 179 Å². The summed E-state index contributed by atoms with van der Waals surface area (Å²) in [5.41, 5.74) is 12.6. The molecular weight excluding hydrogens is 669 g/mol. The topological polar surface area (TPSA) is 26.3 Å². The molecule has 0 saturated carbocycles. The highest BCUT2D eigenvalue weighted by atomic mass is 16.4. The second-order valence-electron chi connectivity index (χ2n) is 14.5. The van der Waals surface area contributed by atoms with Gasteiger partial charge in [-0.1, -0.05) is 122 Å². The second kappa shape index (κ2) is 12.2. The molecule has 0 saturated heterocycles. The van der Waals surface area contributed by atoms with Gasteiger partial charge in [-0.2, -0.15) is 0 Å². The fourth-order valence-electron chi connectivity index (χ4n) is 8.57. The normalized spacial score (nSPS) is 12.1. The van der Waals surface area contributed by atoms with E-state index in [9.17, 15) is 0 Å². The summed E-state index contributed by atoms with van der Waals surface area (Å²) in [6.07, 6.45) is 6.23. The lowest BCUT2D eigenvalue weighted by atomic mass is 9.90. The van der Waals surface area contributed by atoms with Crippen molar-refractivity contribution in [2.24, 2.45) is 0 Å². The average molecular weight is 703 g/mol. The van der Waals surface area contributed by atoms with Gasteiger partial charge in [0.15, 0.2) is 11.2 Å². The first-order chi connectivity index (χ1) is 27.1. The summed E-state index contributed by atoms with van der Waals surface area (Å²) in [4.78, 5) is 0. The zero-order valence-electron chi connectivity index (χ0n) is 30.3. The lowest BCUT2D eigenvalue weighted by Crippen LogP contribution is -1.90. The molecule has 2 aromatic heterocycles. The maximum atomic E-state index is 6.56. The van der Waals surface area contributed by atoms with Gasteiger partial charge in [0, 0.05) is 21.5 Å². The van der Waals surface area contributed by atoms with Gasteiger partial charge in [0.1, 0.15) is 11.2 Å². The Labute approximate surface area is 317 Å². The third kappa shape index (κ3) is 4.96. The maximum Gasteiger partial charge on any atom is 0.178 e. The van der Waals surface area contributed by atoms with Gasteiger partial charge >= 0.3 is 0 Å². The summed E-state index contributed by atoms with van der Waals surface area (Å²) in [6.45, 7) is 6.21. The van der Waals surface area contributed by atoms with E-state index >= 15 is 0 Å². The Hall–Kier alpha value is -7.16. The van der Waals surface area contributed by atoms with Crippen LogP contribution in [0.1, 0.15) is 18.1 Å². The number of allylic oxidation sites excluding steroid dienone is 1. The van der Waals surface area contributed by atoms with Crippen molar-refractivity contribution < 1.29 is 8.83 Å². The van der Waals surface area contributed by atoms with Gasteiger partial charge in [0.2, 0.25) is 0 Å².